The summed E-state index contributed by atoms with van der Waals surface area (Å²) in [5, 5.41) is 21.0. The Morgan fingerprint density at radius 2 is 1.62 bits per heavy atom. The van der Waals surface area contributed by atoms with Crippen LogP contribution in [0, 0.1) is 5.92 Å². The molecule has 1 saturated carbocycles. The lowest BCUT2D eigenvalue weighted by Gasteiger charge is -2.19. The molecule has 14 heteroatoms. The molecule has 0 spiro atoms. The van der Waals surface area contributed by atoms with E-state index in [1.54, 1.807) is 0 Å². The zero-order valence-electron chi connectivity index (χ0n) is 17.0. The van der Waals surface area contributed by atoms with Gasteiger partial charge in [0.05, 0.1) is 0 Å². The minimum Gasteiger partial charge on any atom is -0.475 e. The van der Waals surface area contributed by atoms with Crippen molar-refractivity contribution in [2.75, 3.05) is 36.9 Å². The maximum Gasteiger partial charge on any atom is 0.490 e. The van der Waals surface area contributed by atoms with Crippen molar-refractivity contribution in [3.05, 3.63) is 18.3 Å². The molecule has 0 bridgehead atoms. The number of alkyl halides is 6. The van der Waals surface area contributed by atoms with Gasteiger partial charge in [-0.25, -0.2) is 14.6 Å². The molecule has 3 rings (SSSR count). The summed E-state index contributed by atoms with van der Waals surface area (Å²) in [5.41, 5.74) is 1.29. The van der Waals surface area contributed by atoms with Gasteiger partial charge in [-0.15, -0.1) is 0 Å². The molecule has 1 saturated heterocycles. The van der Waals surface area contributed by atoms with Gasteiger partial charge in [0.1, 0.15) is 5.82 Å². The molecule has 32 heavy (non-hydrogen) atoms. The number of rotatable bonds is 5. The number of nitrogens with zero attached hydrogens (tertiary/aromatic N) is 2. The van der Waals surface area contributed by atoms with Crippen LogP contribution in [0.4, 0.5) is 37.8 Å². The van der Waals surface area contributed by atoms with E-state index in [0.29, 0.717) is 6.04 Å². The number of aliphatic carboxylic acids is 2. The number of hydrogen-bond acceptors (Lipinski definition) is 6. The highest BCUT2D eigenvalue weighted by Gasteiger charge is 2.38. The first-order valence-corrected chi connectivity index (χ1v) is 9.46. The van der Waals surface area contributed by atoms with E-state index in [1.165, 1.54) is 24.9 Å². The summed E-state index contributed by atoms with van der Waals surface area (Å²) in [6, 6.07) is 4.92. The predicted molar refractivity (Wildman–Crippen MR) is 103 cm³/mol. The molecule has 1 aliphatic heterocycles. The number of nitrogens with one attached hydrogen (secondary N) is 2. The second-order valence-corrected chi connectivity index (χ2v) is 7.05. The summed E-state index contributed by atoms with van der Waals surface area (Å²) in [4.78, 5) is 24.6. The first-order chi connectivity index (χ1) is 14.7. The normalized spacial score (nSPS) is 18.1. The van der Waals surface area contributed by atoms with Crippen molar-refractivity contribution in [1.82, 2.24) is 10.3 Å². The van der Waals surface area contributed by atoms with E-state index >= 15 is 0 Å². The second kappa shape index (κ2) is 11.7. The Morgan fingerprint density at radius 3 is 2.03 bits per heavy atom. The Labute approximate surface area is 179 Å². The highest BCUT2D eigenvalue weighted by atomic mass is 19.4. The third-order valence-corrected chi connectivity index (χ3v) is 4.46. The molecule has 1 aliphatic carbocycles. The summed E-state index contributed by atoms with van der Waals surface area (Å²) in [6.45, 7) is 3.32. The fourth-order valence-electron chi connectivity index (χ4n) is 2.51. The van der Waals surface area contributed by atoms with Crippen molar-refractivity contribution in [1.29, 1.82) is 0 Å². The van der Waals surface area contributed by atoms with Crippen LogP contribution in [0.1, 0.15) is 19.3 Å². The molecular weight excluding hydrogens is 450 g/mol. The van der Waals surface area contributed by atoms with E-state index in [9.17, 15) is 26.3 Å². The van der Waals surface area contributed by atoms with E-state index in [1.807, 2.05) is 13.2 Å². The minimum atomic E-state index is -5.08. The van der Waals surface area contributed by atoms with Gasteiger partial charge in [-0.1, -0.05) is 0 Å². The lowest BCUT2D eigenvalue weighted by molar-refractivity contribution is -0.193. The lowest BCUT2D eigenvalue weighted by atomic mass is 10.3. The number of hydrogen-bond donors (Lipinski definition) is 4. The van der Waals surface area contributed by atoms with Gasteiger partial charge < -0.3 is 25.7 Å². The highest BCUT2D eigenvalue weighted by Crippen LogP contribution is 2.29. The molecule has 1 aromatic heterocycles. The highest BCUT2D eigenvalue weighted by molar-refractivity contribution is 5.73. The summed E-state index contributed by atoms with van der Waals surface area (Å²) in [5.74, 6) is -3.61. The smallest absolute Gasteiger partial charge is 0.475 e. The van der Waals surface area contributed by atoms with E-state index in [-0.39, 0.29) is 0 Å². The van der Waals surface area contributed by atoms with Crippen molar-refractivity contribution >= 4 is 23.4 Å². The van der Waals surface area contributed by atoms with Crippen LogP contribution in [0.15, 0.2) is 18.3 Å². The summed E-state index contributed by atoms with van der Waals surface area (Å²) in [7, 11) is 2.04. The van der Waals surface area contributed by atoms with Gasteiger partial charge in [0.15, 0.2) is 0 Å². The summed E-state index contributed by atoms with van der Waals surface area (Å²) < 4.78 is 63.5. The van der Waals surface area contributed by atoms with Crippen LogP contribution in [0.5, 0.6) is 0 Å². The standard InChI is InChI=1S/C14H22N4.2C2HF3O2/c1-15-12-5-7-18(10-12)13-4-6-16-14(8-13)17-9-11-2-3-11;2*3-2(4,5)1(6)7/h4,6,8,11-12,15H,2-3,5,7,9-10H2,1H3,(H,16,17);2*(H,6,7)/t12-;;/m1../s1. The van der Waals surface area contributed by atoms with Crippen LogP contribution in [0.2, 0.25) is 0 Å². The van der Waals surface area contributed by atoms with Gasteiger partial charge in [0.25, 0.3) is 0 Å². The van der Waals surface area contributed by atoms with E-state index in [4.69, 9.17) is 19.8 Å². The molecule has 0 amide bonds. The van der Waals surface area contributed by atoms with Crippen LogP contribution < -0.4 is 15.5 Å². The number of halogens is 6. The van der Waals surface area contributed by atoms with Crippen LogP contribution in [0.25, 0.3) is 0 Å². The third kappa shape index (κ3) is 10.5. The van der Waals surface area contributed by atoms with Gasteiger partial charge >= 0.3 is 24.3 Å². The zero-order chi connectivity index (χ0) is 24.5. The Morgan fingerprint density at radius 1 is 1.09 bits per heavy atom. The molecule has 182 valence electrons. The maximum atomic E-state index is 10.6. The molecule has 0 aromatic carbocycles. The van der Waals surface area contributed by atoms with Crippen molar-refractivity contribution < 1.29 is 46.1 Å². The number of likely N-dealkylation sites (N-methyl/N-ethyl adjacent to an activating group) is 1. The van der Waals surface area contributed by atoms with Gasteiger partial charge in [-0.05, 0) is 38.3 Å². The number of carboxylic acids is 2. The first kappa shape index (κ1) is 27.3. The monoisotopic (exact) mass is 474 g/mol. The van der Waals surface area contributed by atoms with Gasteiger partial charge in [0, 0.05) is 43.6 Å². The van der Waals surface area contributed by atoms with E-state index < -0.39 is 24.3 Å². The topological polar surface area (TPSA) is 115 Å². The molecule has 0 unspecified atom stereocenters. The van der Waals surface area contributed by atoms with Gasteiger partial charge in [0.2, 0.25) is 0 Å². The molecule has 1 aromatic rings. The Kier molecular flexibility index (Phi) is 10.0. The van der Waals surface area contributed by atoms with Crippen molar-refractivity contribution in [3.8, 4) is 0 Å². The van der Waals surface area contributed by atoms with Crippen LogP contribution in [-0.4, -0.2) is 72.2 Å². The van der Waals surface area contributed by atoms with E-state index in [2.05, 4.69) is 32.7 Å². The average molecular weight is 474 g/mol. The zero-order valence-corrected chi connectivity index (χ0v) is 17.0. The number of aromatic nitrogens is 1. The summed E-state index contributed by atoms with van der Waals surface area (Å²) in [6.07, 6.45) is -4.27. The second-order valence-electron chi connectivity index (χ2n) is 7.05. The fraction of sp³-hybridized carbons (Fsp3) is 0.611. The van der Waals surface area contributed by atoms with Crippen molar-refractivity contribution in [3.63, 3.8) is 0 Å². The van der Waals surface area contributed by atoms with Crippen LogP contribution in [0.3, 0.4) is 0 Å². The number of pyridine rings is 1. The van der Waals surface area contributed by atoms with Gasteiger partial charge in [-0.3, -0.25) is 0 Å². The molecule has 1 atom stereocenters. The van der Waals surface area contributed by atoms with Gasteiger partial charge in [-0.2, -0.15) is 26.3 Å². The predicted octanol–water partition coefficient (Wildman–Crippen LogP) is 2.97. The molecule has 8 nitrogen and oxygen atoms in total. The quantitative estimate of drug-likeness (QED) is 0.482. The Hall–Kier alpha value is -2.77. The first-order valence-electron chi connectivity index (χ1n) is 9.46. The lowest BCUT2D eigenvalue weighted by Crippen LogP contribution is -2.29. The Balaban J connectivity index is 0.000000305. The molecular formula is C18H24F6N4O4. The number of anilines is 2. The van der Waals surface area contributed by atoms with Crippen molar-refractivity contribution in [2.45, 2.75) is 37.7 Å². The summed E-state index contributed by atoms with van der Waals surface area (Å²) >= 11 is 0. The molecule has 0 radical (unpaired) electrons. The van der Waals surface area contributed by atoms with Crippen LogP contribution >= 0.6 is 0 Å². The maximum absolute atomic E-state index is 10.6. The SMILES string of the molecule is CN[C@@H]1CCN(c2ccnc(NCC3CC3)c2)C1.O=C(O)C(F)(F)F.O=C(O)C(F)(F)F. The largest absolute Gasteiger partial charge is 0.490 e. The fourth-order valence-corrected chi connectivity index (χ4v) is 2.51. The molecule has 2 heterocycles. The number of carboxylic acid groups (broad SMARTS) is 2. The minimum absolute atomic E-state index is 0.626. The average Bonchev–Trinajstić information content (AvgIpc) is 3.40. The molecule has 4 N–H and O–H groups in total. The van der Waals surface area contributed by atoms with Crippen molar-refractivity contribution in [2.24, 2.45) is 5.92 Å². The van der Waals surface area contributed by atoms with Crippen LogP contribution in [-0.2, 0) is 9.59 Å². The molecule has 2 aliphatic rings. The molecule has 2 fully saturated rings. The number of carbonyl (C=O) groups is 2. The third-order valence-electron chi connectivity index (χ3n) is 4.46. The van der Waals surface area contributed by atoms with E-state index in [0.717, 1.165) is 31.4 Å². The Bertz CT molecular complexity index is 732.